The van der Waals surface area contributed by atoms with Gasteiger partial charge in [0.1, 0.15) is 5.60 Å². The summed E-state index contributed by atoms with van der Waals surface area (Å²) in [5.41, 5.74) is -0.361. The molecule has 2 aliphatic heterocycles. The van der Waals surface area contributed by atoms with Gasteiger partial charge in [0.05, 0.1) is 6.54 Å². The summed E-state index contributed by atoms with van der Waals surface area (Å²) in [6.07, 6.45) is 2.89. The molecule has 1 unspecified atom stereocenters. The molecule has 2 rings (SSSR count). The fraction of sp³-hybridized carbons (Fsp3) is 0.917. The fourth-order valence-electron chi connectivity index (χ4n) is 2.44. The largest absolute Gasteiger partial charge is 0.440 e. The van der Waals surface area contributed by atoms with Gasteiger partial charge >= 0.3 is 6.09 Å². The number of amides is 1. The molecule has 0 aromatic rings. The first-order valence-corrected chi connectivity index (χ1v) is 6.20. The van der Waals surface area contributed by atoms with Gasteiger partial charge in [0.25, 0.3) is 0 Å². The van der Waals surface area contributed by atoms with Crippen molar-refractivity contribution in [3.63, 3.8) is 0 Å². The lowest BCUT2D eigenvalue weighted by atomic mass is 9.92. The van der Waals surface area contributed by atoms with E-state index in [1.165, 1.54) is 0 Å². The van der Waals surface area contributed by atoms with Crippen LogP contribution in [0.2, 0.25) is 0 Å². The molecule has 4 heteroatoms. The summed E-state index contributed by atoms with van der Waals surface area (Å²) in [6, 6.07) is 0. The average Bonchev–Trinajstić information content (AvgIpc) is 2.57. The van der Waals surface area contributed by atoms with E-state index in [0.717, 1.165) is 38.9 Å². The molecular formula is C12H22N2O2. The number of piperidine rings is 1. The van der Waals surface area contributed by atoms with E-state index < -0.39 is 0 Å². The Bertz CT molecular complexity index is 283. The number of nitrogens with one attached hydrogen (secondary N) is 1. The maximum absolute atomic E-state index is 11.9. The van der Waals surface area contributed by atoms with E-state index in [0.29, 0.717) is 0 Å². The molecule has 0 saturated carbocycles. The Kier molecular flexibility index (Phi) is 2.86. The quantitative estimate of drug-likeness (QED) is 0.780. The standard InChI is InChI=1S/C12H22N2O2/c1-4-11(2,3)14-9-12(16-10(14)15)6-5-7-13-8-12/h13H,4-9H2,1-3H3. The van der Waals surface area contributed by atoms with Gasteiger partial charge in [0.15, 0.2) is 0 Å². The summed E-state index contributed by atoms with van der Waals surface area (Å²) < 4.78 is 5.62. The first kappa shape index (κ1) is 11.7. The van der Waals surface area contributed by atoms with E-state index >= 15 is 0 Å². The lowest BCUT2D eigenvalue weighted by molar-refractivity contribution is 0.0366. The Morgan fingerprint density at radius 2 is 2.31 bits per heavy atom. The van der Waals surface area contributed by atoms with Crippen LogP contribution in [-0.4, -0.2) is 41.8 Å². The summed E-state index contributed by atoms with van der Waals surface area (Å²) in [5.74, 6) is 0. The van der Waals surface area contributed by atoms with Gasteiger partial charge in [-0.15, -0.1) is 0 Å². The Hall–Kier alpha value is -0.770. The Labute approximate surface area is 97.3 Å². The second kappa shape index (κ2) is 3.91. The van der Waals surface area contributed by atoms with E-state index in [1.54, 1.807) is 0 Å². The van der Waals surface area contributed by atoms with Crippen LogP contribution in [0.4, 0.5) is 4.79 Å². The van der Waals surface area contributed by atoms with Gasteiger partial charge in [-0.05, 0) is 39.7 Å². The van der Waals surface area contributed by atoms with Gasteiger partial charge in [-0.1, -0.05) is 6.92 Å². The van der Waals surface area contributed by atoms with Crippen molar-refractivity contribution >= 4 is 6.09 Å². The summed E-state index contributed by atoms with van der Waals surface area (Å²) >= 11 is 0. The van der Waals surface area contributed by atoms with Gasteiger partial charge in [0, 0.05) is 12.1 Å². The van der Waals surface area contributed by atoms with Crippen molar-refractivity contribution in [2.24, 2.45) is 0 Å². The second-order valence-corrected chi connectivity index (χ2v) is 5.58. The van der Waals surface area contributed by atoms with Gasteiger partial charge in [-0.2, -0.15) is 0 Å². The molecule has 2 aliphatic rings. The fourth-order valence-corrected chi connectivity index (χ4v) is 2.44. The zero-order chi connectivity index (χ0) is 11.8. The van der Waals surface area contributed by atoms with Gasteiger partial charge < -0.3 is 10.1 Å². The maximum Gasteiger partial charge on any atom is 0.411 e. The van der Waals surface area contributed by atoms with Crippen LogP contribution >= 0.6 is 0 Å². The van der Waals surface area contributed by atoms with Crippen molar-refractivity contribution in [2.45, 2.75) is 51.2 Å². The normalized spacial score (nSPS) is 30.9. The molecule has 0 aromatic heterocycles. The van der Waals surface area contributed by atoms with Crippen molar-refractivity contribution in [2.75, 3.05) is 19.6 Å². The van der Waals surface area contributed by atoms with Gasteiger partial charge in [-0.3, -0.25) is 4.90 Å². The molecule has 1 spiro atoms. The first-order valence-electron chi connectivity index (χ1n) is 6.20. The lowest BCUT2D eigenvalue weighted by Gasteiger charge is -2.35. The number of nitrogens with zero attached hydrogens (tertiary/aromatic N) is 1. The average molecular weight is 226 g/mol. The Morgan fingerprint density at radius 1 is 1.56 bits per heavy atom. The molecule has 2 fully saturated rings. The van der Waals surface area contributed by atoms with Crippen LogP contribution in [0.25, 0.3) is 0 Å². The number of ether oxygens (including phenoxy) is 1. The minimum atomic E-state index is -0.262. The highest BCUT2D eigenvalue weighted by atomic mass is 16.6. The van der Waals surface area contributed by atoms with Gasteiger partial charge in [0.2, 0.25) is 0 Å². The van der Waals surface area contributed by atoms with Crippen molar-refractivity contribution < 1.29 is 9.53 Å². The third-order valence-electron chi connectivity index (χ3n) is 4.00. The summed E-state index contributed by atoms with van der Waals surface area (Å²) in [4.78, 5) is 13.8. The number of hydrogen-bond acceptors (Lipinski definition) is 3. The number of carbonyl (C=O) groups excluding carboxylic acids is 1. The van der Waals surface area contributed by atoms with E-state index in [1.807, 2.05) is 4.90 Å². The smallest absolute Gasteiger partial charge is 0.411 e. The highest BCUT2D eigenvalue weighted by Crippen LogP contribution is 2.34. The molecule has 16 heavy (non-hydrogen) atoms. The predicted molar refractivity (Wildman–Crippen MR) is 62.4 cm³/mol. The second-order valence-electron chi connectivity index (χ2n) is 5.58. The van der Waals surface area contributed by atoms with Crippen LogP contribution < -0.4 is 5.32 Å². The van der Waals surface area contributed by atoms with E-state index in [-0.39, 0.29) is 17.2 Å². The van der Waals surface area contributed by atoms with Gasteiger partial charge in [-0.25, -0.2) is 4.79 Å². The minimum Gasteiger partial charge on any atom is -0.440 e. The predicted octanol–water partition coefficient (Wildman–Crippen LogP) is 1.75. The van der Waals surface area contributed by atoms with Crippen LogP contribution in [0.3, 0.4) is 0 Å². The third kappa shape index (κ3) is 1.90. The summed E-state index contributed by atoms with van der Waals surface area (Å²) in [6.45, 7) is 8.88. The van der Waals surface area contributed by atoms with E-state index in [2.05, 4.69) is 26.1 Å². The first-order chi connectivity index (χ1) is 7.49. The molecule has 0 aromatic carbocycles. The molecule has 0 aliphatic carbocycles. The van der Waals surface area contributed by atoms with Crippen LogP contribution in [0.15, 0.2) is 0 Å². The molecule has 1 amide bonds. The summed E-state index contributed by atoms with van der Waals surface area (Å²) in [5, 5.41) is 3.32. The monoisotopic (exact) mass is 226 g/mol. The number of carbonyl (C=O) groups is 1. The lowest BCUT2D eigenvalue weighted by Crippen LogP contribution is -2.51. The SMILES string of the molecule is CCC(C)(C)N1CC2(CCCNC2)OC1=O. The van der Waals surface area contributed by atoms with Crippen LogP contribution in [-0.2, 0) is 4.74 Å². The summed E-state index contributed by atoms with van der Waals surface area (Å²) in [7, 11) is 0. The highest BCUT2D eigenvalue weighted by Gasteiger charge is 2.49. The molecule has 0 radical (unpaired) electrons. The molecule has 2 heterocycles. The molecule has 92 valence electrons. The van der Waals surface area contributed by atoms with Crippen molar-refractivity contribution in [3.05, 3.63) is 0 Å². The van der Waals surface area contributed by atoms with E-state index in [4.69, 9.17) is 4.74 Å². The zero-order valence-corrected chi connectivity index (χ0v) is 10.5. The van der Waals surface area contributed by atoms with Crippen molar-refractivity contribution in [1.29, 1.82) is 0 Å². The Balaban J connectivity index is 2.12. The van der Waals surface area contributed by atoms with E-state index in [9.17, 15) is 4.79 Å². The molecule has 1 N–H and O–H groups in total. The number of hydrogen-bond donors (Lipinski definition) is 1. The topological polar surface area (TPSA) is 41.6 Å². The number of rotatable bonds is 2. The van der Waals surface area contributed by atoms with Crippen LogP contribution in [0.5, 0.6) is 0 Å². The molecular weight excluding hydrogens is 204 g/mol. The molecule has 0 bridgehead atoms. The van der Waals surface area contributed by atoms with Crippen LogP contribution in [0, 0.1) is 0 Å². The Morgan fingerprint density at radius 3 is 2.88 bits per heavy atom. The maximum atomic E-state index is 11.9. The minimum absolute atomic E-state index is 0.0992. The third-order valence-corrected chi connectivity index (χ3v) is 4.00. The van der Waals surface area contributed by atoms with Crippen molar-refractivity contribution in [3.8, 4) is 0 Å². The molecule has 4 nitrogen and oxygen atoms in total. The molecule has 1 atom stereocenters. The molecule has 2 saturated heterocycles. The highest BCUT2D eigenvalue weighted by molar-refractivity contribution is 5.71. The zero-order valence-electron chi connectivity index (χ0n) is 10.5. The van der Waals surface area contributed by atoms with Crippen LogP contribution in [0.1, 0.15) is 40.0 Å². The van der Waals surface area contributed by atoms with Crippen molar-refractivity contribution in [1.82, 2.24) is 10.2 Å².